The standard InChI is InChI=1S/C21H22FN3O3/c22-17-8-6-16(7-9-17)18-14-20(27)25(21(28)24-18)13-11-19(26)23-12-10-15-4-2-1-3-5-15/h1-9,18H,10-14H2,(H,23,26)(H,24,28). The van der Waals surface area contributed by atoms with Crippen LogP contribution in [-0.4, -0.2) is 35.8 Å². The van der Waals surface area contributed by atoms with Crippen molar-refractivity contribution in [3.63, 3.8) is 0 Å². The van der Waals surface area contributed by atoms with Gasteiger partial charge in [0.05, 0.1) is 12.5 Å². The fraction of sp³-hybridized carbons (Fsp3) is 0.286. The first kappa shape index (κ1) is 19.5. The molecule has 4 amide bonds. The van der Waals surface area contributed by atoms with Gasteiger partial charge in [-0.25, -0.2) is 9.18 Å². The summed E-state index contributed by atoms with van der Waals surface area (Å²) in [6.07, 6.45) is 0.844. The second-order valence-electron chi connectivity index (χ2n) is 6.64. The molecule has 146 valence electrons. The summed E-state index contributed by atoms with van der Waals surface area (Å²) in [7, 11) is 0. The summed E-state index contributed by atoms with van der Waals surface area (Å²) in [5, 5.41) is 5.53. The van der Waals surface area contributed by atoms with Crippen LogP contribution in [0.1, 0.15) is 30.0 Å². The number of benzene rings is 2. The van der Waals surface area contributed by atoms with E-state index in [1.807, 2.05) is 30.3 Å². The molecule has 1 heterocycles. The molecule has 1 unspecified atom stereocenters. The fourth-order valence-electron chi connectivity index (χ4n) is 3.09. The Bertz CT molecular complexity index is 822. The van der Waals surface area contributed by atoms with Crippen molar-refractivity contribution in [2.75, 3.05) is 13.1 Å². The summed E-state index contributed by atoms with van der Waals surface area (Å²) in [6, 6.07) is 14.4. The number of rotatable bonds is 7. The van der Waals surface area contributed by atoms with Gasteiger partial charge in [0.15, 0.2) is 0 Å². The third-order valence-electron chi connectivity index (χ3n) is 4.64. The molecule has 1 saturated heterocycles. The predicted molar refractivity (Wildman–Crippen MR) is 102 cm³/mol. The highest BCUT2D eigenvalue weighted by molar-refractivity contribution is 5.97. The number of nitrogens with one attached hydrogen (secondary N) is 2. The van der Waals surface area contributed by atoms with Crippen molar-refractivity contribution in [1.82, 2.24) is 15.5 Å². The Labute approximate surface area is 162 Å². The minimum atomic E-state index is -0.539. The number of carbonyl (C=O) groups is 3. The van der Waals surface area contributed by atoms with E-state index in [9.17, 15) is 18.8 Å². The molecule has 2 N–H and O–H groups in total. The maximum atomic E-state index is 13.0. The molecule has 3 rings (SSSR count). The van der Waals surface area contributed by atoms with Gasteiger partial charge in [0.2, 0.25) is 11.8 Å². The predicted octanol–water partition coefficient (Wildman–Crippen LogP) is 2.56. The molecule has 1 fully saturated rings. The van der Waals surface area contributed by atoms with E-state index in [2.05, 4.69) is 10.6 Å². The largest absolute Gasteiger partial charge is 0.356 e. The lowest BCUT2D eigenvalue weighted by Crippen LogP contribution is -2.52. The maximum Gasteiger partial charge on any atom is 0.324 e. The van der Waals surface area contributed by atoms with Crippen LogP contribution in [0.25, 0.3) is 0 Å². The van der Waals surface area contributed by atoms with E-state index >= 15 is 0 Å². The number of carbonyl (C=O) groups excluding carboxylic acids is 3. The van der Waals surface area contributed by atoms with Crippen LogP contribution in [0.4, 0.5) is 9.18 Å². The molecule has 0 aromatic heterocycles. The molecule has 0 bridgehead atoms. The summed E-state index contributed by atoms with van der Waals surface area (Å²) < 4.78 is 13.0. The summed E-state index contributed by atoms with van der Waals surface area (Å²) in [5.41, 5.74) is 1.79. The van der Waals surface area contributed by atoms with Crippen LogP contribution in [0, 0.1) is 5.82 Å². The topological polar surface area (TPSA) is 78.5 Å². The monoisotopic (exact) mass is 383 g/mol. The number of urea groups is 1. The van der Waals surface area contributed by atoms with Crippen molar-refractivity contribution >= 4 is 17.8 Å². The first-order chi connectivity index (χ1) is 13.5. The molecule has 2 aromatic carbocycles. The van der Waals surface area contributed by atoms with Gasteiger partial charge in [0.25, 0.3) is 0 Å². The third-order valence-corrected chi connectivity index (χ3v) is 4.64. The van der Waals surface area contributed by atoms with Crippen LogP contribution in [0.3, 0.4) is 0 Å². The smallest absolute Gasteiger partial charge is 0.324 e. The number of hydrogen-bond acceptors (Lipinski definition) is 3. The number of hydrogen-bond donors (Lipinski definition) is 2. The van der Waals surface area contributed by atoms with E-state index < -0.39 is 12.1 Å². The van der Waals surface area contributed by atoms with Crippen molar-refractivity contribution in [3.8, 4) is 0 Å². The van der Waals surface area contributed by atoms with Crippen LogP contribution in [0.2, 0.25) is 0 Å². The van der Waals surface area contributed by atoms with E-state index in [-0.39, 0.29) is 37.0 Å². The molecular weight excluding hydrogens is 361 g/mol. The molecule has 1 atom stereocenters. The Morgan fingerprint density at radius 3 is 2.50 bits per heavy atom. The lowest BCUT2D eigenvalue weighted by Gasteiger charge is -2.31. The second kappa shape index (κ2) is 9.12. The van der Waals surface area contributed by atoms with Gasteiger partial charge < -0.3 is 10.6 Å². The molecule has 0 radical (unpaired) electrons. The lowest BCUT2D eigenvalue weighted by atomic mass is 10.0. The molecule has 28 heavy (non-hydrogen) atoms. The van der Waals surface area contributed by atoms with Crippen molar-refractivity contribution < 1.29 is 18.8 Å². The normalized spacial score (nSPS) is 16.6. The van der Waals surface area contributed by atoms with E-state index in [1.54, 1.807) is 12.1 Å². The Morgan fingerprint density at radius 1 is 1.11 bits per heavy atom. The molecular formula is C21H22FN3O3. The van der Waals surface area contributed by atoms with Crippen LogP contribution < -0.4 is 10.6 Å². The number of halogens is 1. The SMILES string of the molecule is O=C(CCN1C(=O)CC(c2ccc(F)cc2)NC1=O)NCCc1ccccc1. The van der Waals surface area contributed by atoms with Crippen LogP contribution >= 0.6 is 0 Å². The molecule has 1 aliphatic heterocycles. The van der Waals surface area contributed by atoms with Gasteiger partial charge in [-0.15, -0.1) is 0 Å². The number of nitrogens with zero attached hydrogens (tertiary/aromatic N) is 1. The van der Waals surface area contributed by atoms with Gasteiger partial charge in [-0.1, -0.05) is 42.5 Å². The Morgan fingerprint density at radius 2 is 1.82 bits per heavy atom. The number of imide groups is 1. The minimum Gasteiger partial charge on any atom is -0.356 e. The summed E-state index contributed by atoms with van der Waals surface area (Å²) in [4.78, 5) is 37.6. The Kier molecular flexibility index (Phi) is 6.37. The molecule has 2 aromatic rings. The third kappa shape index (κ3) is 5.16. The first-order valence-electron chi connectivity index (χ1n) is 9.20. The molecule has 6 nitrogen and oxygen atoms in total. The van der Waals surface area contributed by atoms with Crippen molar-refractivity contribution in [2.24, 2.45) is 0 Å². The second-order valence-corrected chi connectivity index (χ2v) is 6.64. The van der Waals surface area contributed by atoms with Crippen molar-refractivity contribution in [2.45, 2.75) is 25.3 Å². The van der Waals surface area contributed by atoms with Gasteiger partial charge in [-0.3, -0.25) is 14.5 Å². The highest BCUT2D eigenvalue weighted by atomic mass is 19.1. The van der Waals surface area contributed by atoms with Gasteiger partial charge in [-0.05, 0) is 29.7 Å². The van der Waals surface area contributed by atoms with E-state index in [1.165, 1.54) is 12.1 Å². The van der Waals surface area contributed by atoms with Gasteiger partial charge in [-0.2, -0.15) is 0 Å². The van der Waals surface area contributed by atoms with Gasteiger partial charge in [0, 0.05) is 19.5 Å². The average molecular weight is 383 g/mol. The van der Waals surface area contributed by atoms with E-state index in [0.29, 0.717) is 12.1 Å². The minimum absolute atomic E-state index is 0.0258. The highest BCUT2D eigenvalue weighted by Crippen LogP contribution is 2.22. The van der Waals surface area contributed by atoms with E-state index in [0.717, 1.165) is 16.9 Å². The summed E-state index contributed by atoms with van der Waals surface area (Å²) in [6.45, 7) is 0.521. The molecule has 0 saturated carbocycles. The molecule has 0 spiro atoms. The highest BCUT2D eigenvalue weighted by Gasteiger charge is 2.32. The Balaban J connectivity index is 1.44. The molecule has 0 aliphatic carbocycles. The van der Waals surface area contributed by atoms with Crippen LogP contribution in [0.15, 0.2) is 54.6 Å². The van der Waals surface area contributed by atoms with E-state index in [4.69, 9.17) is 0 Å². The quantitative estimate of drug-likeness (QED) is 0.771. The zero-order valence-corrected chi connectivity index (χ0v) is 15.4. The molecule has 7 heteroatoms. The number of amides is 4. The van der Waals surface area contributed by atoms with Crippen molar-refractivity contribution in [3.05, 3.63) is 71.5 Å². The Hall–Kier alpha value is -3.22. The van der Waals surface area contributed by atoms with Gasteiger partial charge in [0.1, 0.15) is 5.82 Å². The summed E-state index contributed by atoms with van der Waals surface area (Å²) >= 11 is 0. The first-order valence-corrected chi connectivity index (χ1v) is 9.20. The average Bonchev–Trinajstić information content (AvgIpc) is 2.68. The van der Waals surface area contributed by atoms with Crippen LogP contribution in [0.5, 0.6) is 0 Å². The van der Waals surface area contributed by atoms with Crippen molar-refractivity contribution in [1.29, 1.82) is 0 Å². The zero-order valence-electron chi connectivity index (χ0n) is 15.4. The fourth-order valence-corrected chi connectivity index (χ4v) is 3.09. The lowest BCUT2D eigenvalue weighted by molar-refractivity contribution is -0.130. The summed E-state index contributed by atoms with van der Waals surface area (Å²) in [5.74, 6) is -0.940. The van der Waals surface area contributed by atoms with Crippen LogP contribution in [-0.2, 0) is 16.0 Å². The maximum absolute atomic E-state index is 13.0. The molecule has 1 aliphatic rings. The van der Waals surface area contributed by atoms with Gasteiger partial charge >= 0.3 is 6.03 Å². The zero-order chi connectivity index (χ0) is 19.9.